The number of benzene rings is 1. The van der Waals surface area contributed by atoms with Gasteiger partial charge in [0.1, 0.15) is 0 Å². The van der Waals surface area contributed by atoms with Gasteiger partial charge in [0.05, 0.1) is 0 Å². The van der Waals surface area contributed by atoms with E-state index in [2.05, 4.69) is 47.1 Å². The third-order valence-electron chi connectivity index (χ3n) is 4.14. The van der Waals surface area contributed by atoms with Crippen LogP contribution in [-0.4, -0.2) is 0 Å². The molecule has 1 aromatic carbocycles. The molecule has 3 atom stereocenters. The Hall–Kier alpha value is -0.340. The molecule has 2 rings (SSSR count). The number of nitrogens with two attached hydrogens (primary N) is 1. The van der Waals surface area contributed by atoms with E-state index in [0.29, 0.717) is 5.92 Å². The van der Waals surface area contributed by atoms with Gasteiger partial charge in [0.15, 0.2) is 0 Å². The van der Waals surface area contributed by atoms with Gasteiger partial charge in [-0.25, -0.2) is 0 Å². The highest BCUT2D eigenvalue weighted by Gasteiger charge is 2.26. The number of hydrogen-bond acceptors (Lipinski definition) is 1. The second-order valence-electron chi connectivity index (χ2n) is 5.28. The minimum absolute atomic E-state index is 0.210. The van der Waals surface area contributed by atoms with Gasteiger partial charge >= 0.3 is 0 Å². The minimum Gasteiger partial charge on any atom is -0.324 e. The zero-order valence-corrected chi connectivity index (χ0v) is 12.1. The van der Waals surface area contributed by atoms with Crippen molar-refractivity contribution in [1.29, 1.82) is 0 Å². The Balaban J connectivity index is 2.06. The van der Waals surface area contributed by atoms with Crippen LogP contribution in [0.15, 0.2) is 28.7 Å². The van der Waals surface area contributed by atoms with E-state index in [1.807, 2.05) is 0 Å². The summed E-state index contributed by atoms with van der Waals surface area (Å²) in [7, 11) is 0. The summed E-state index contributed by atoms with van der Waals surface area (Å²) in [5.74, 6) is 1.56. The molecular weight excluding hydrogens is 274 g/mol. The summed E-state index contributed by atoms with van der Waals surface area (Å²) in [6.45, 7) is 2.30. The van der Waals surface area contributed by atoms with E-state index in [9.17, 15) is 0 Å². The summed E-state index contributed by atoms with van der Waals surface area (Å²) >= 11 is 3.52. The minimum atomic E-state index is 0.210. The van der Waals surface area contributed by atoms with Crippen molar-refractivity contribution in [2.45, 2.75) is 45.1 Å². The Labute approximate surface area is 113 Å². The first-order valence-electron chi connectivity index (χ1n) is 6.71. The molecule has 2 heteroatoms. The summed E-state index contributed by atoms with van der Waals surface area (Å²) in [5, 5.41) is 0. The second kappa shape index (κ2) is 6.01. The first-order chi connectivity index (χ1) is 8.20. The molecule has 2 N–H and O–H groups in total. The highest BCUT2D eigenvalue weighted by Crippen LogP contribution is 2.37. The van der Waals surface area contributed by atoms with Gasteiger partial charge in [0.2, 0.25) is 0 Å². The Morgan fingerprint density at radius 2 is 2.24 bits per heavy atom. The normalized spacial score (nSPS) is 26.8. The third kappa shape index (κ3) is 3.32. The molecule has 1 saturated carbocycles. The van der Waals surface area contributed by atoms with Gasteiger partial charge in [-0.05, 0) is 42.4 Å². The predicted molar refractivity (Wildman–Crippen MR) is 76.8 cm³/mol. The maximum absolute atomic E-state index is 6.43. The molecule has 1 aliphatic carbocycles. The van der Waals surface area contributed by atoms with Crippen molar-refractivity contribution in [3.8, 4) is 0 Å². The van der Waals surface area contributed by atoms with Crippen LogP contribution in [-0.2, 0) is 0 Å². The van der Waals surface area contributed by atoms with Crippen LogP contribution in [0.4, 0.5) is 0 Å². The summed E-state index contributed by atoms with van der Waals surface area (Å²) < 4.78 is 1.13. The van der Waals surface area contributed by atoms with Gasteiger partial charge in [0, 0.05) is 10.5 Å². The molecule has 1 fully saturated rings. The molecule has 0 amide bonds. The van der Waals surface area contributed by atoms with Crippen LogP contribution < -0.4 is 5.73 Å². The van der Waals surface area contributed by atoms with Crippen molar-refractivity contribution in [3.63, 3.8) is 0 Å². The molecule has 3 unspecified atom stereocenters. The maximum Gasteiger partial charge on any atom is 0.0324 e. The van der Waals surface area contributed by atoms with E-state index in [1.165, 1.54) is 37.7 Å². The molecule has 0 bridgehead atoms. The smallest absolute Gasteiger partial charge is 0.0324 e. The molecule has 0 aromatic heterocycles. The molecular formula is C15H22BrN. The fourth-order valence-electron chi connectivity index (χ4n) is 3.02. The van der Waals surface area contributed by atoms with E-state index in [-0.39, 0.29) is 6.04 Å². The SMILES string of the molecule is CCC1CCCC(C(N)c2cccc(Br)c2)C1. The molecule has 1 aromatic rings. The zero-order valence-electron chi connectivity index (χ0n) is 10.5. The molecule has 17 heavy (non-hydrogen) atoms. The van der Waals surface area contributed by atoms with Crippen molar-refractivity contribution in [2.24, 2.45) is 17.6 Å². The van der Waals surface area contributed by atoms with Crippen LogP contribution in [0.25, 0.3) is 0 Å². The van der Waals surface area contributed by atoms with Crippen LogP contribution in [0.2, 0.25) is 0 Å². The average Bonchev–Trinajstić information content (AvgIpc) is 2.38. The van der Waals surface area contributed by atoms with Gasteiger partial charge in [-0.15, -0.1) is 0 Å². The largest absolute Gasteiger partial charge is 0.324 e. The predicted octanol–water partition coefficient (Wildman–Crippen LogP) is 4.67. The zero-order chi connectivity index (χ0) is 12.3. The highest BCUT2D eigenvalue weighted by atomic mass is 79.9. The lowest BCUT2D eigenvalue weighted by atomic mass is 9.75. The molecule has 1 aliphatic rings. The van der Waals surface area contributed by atoms with Crippen molar-refractivity contribution < 1.29 is 0 Å². The highest BCUT2D eigenvalue weighted by molar-refractivity contribution is 9.10. The third-order valence-corrected chi connectivity index (χ3v) is 4.64. The number of hydrogen-bond donors (Lipinski definition) is 1. The summed E-state index contributed by atoms with van der Waals surface area (Å²) in [5.41, 5.74) is 7.71. The van der Waals surface area contributed by atoms with Gasteiger partial charge in [0.25, 0.3) is 0 Å². The lowest BCUT2D eigenvalue weighted by Gasteiger charge is -2.32. The van der Waals surface area contributed by atoms with Crippen molar-refractivity contribution >= 4 is 15.9 Å². The molecule has 0 heterocycles. The van der Waals surface area contributed by atoms with Crippen LogP contribution in [0.1, 0.15) is 50.6 Å². The summed E-state index contributed by atoms with van der Waals surface area (Å²) in [6, 6.07) is 8.68. The molecule has 1 nitrogen and oxygen atoms in total. The second-order valence-corrected chi connectivity index (χ2v) is 6.20. The van der Waals surface area contributed by atoms with E-state index in [1.54, 1.807) is 0 Å². The van der Waals surface area contributed by atoms with Crippen LogP contribution in [0.3, 0.4) is 0 Å². The van der Waals surface area contributed by atoms with Crippen LogP contribution in [0.5, 0.6) is 0 Å². The Kier molecular flexibility index (Phi) is 4.63. The van der Waals surface area contributed by atoms with Gasteiger partial charge < -0.3 is 5.73 Å². The lowest BCUT2D eigenvalue weighted by Crippen LogP contribution is -2.26. The molecule has 0 spiro atoms. The quantitative estimate of drug-likeness (QED) is 0.862. The first kappa shape index (κ1) is 13.1. The van der Waals surface area contributed by atoms with E-state index in [0.717, 1.165) is 10.4 Å². The Morgan fingerprint density at radius 1 is 1.41 bits per heavy atom. The Morgan fingerprint density at radius 3 is 2.94 bits per heavy atom. The van der Waals surface area contributed by atoms with Gasteiger partial charge in [-0.3, -0.25) is 0 Å². The van der Waals surface area contributed by atoms with Crippen molar-refractivity contribution in [1.82, 2.24) is 0 Å². The van der Waals surface area contributed by atoms with E-state index in [4.69, 9.17) is 5.73 Å². The van der Waals surface area contributed by atoms with Gasteiger partial charge in [-0.1, -0.05) is 54.2 Å². The summed E-state index contributed by atoms with van der Waals surface area (Å²) in [4.78, 5) is 0. The van der Waals surface area contributed by atoms with Gasteiger partial charge in [-0.2, -0.15) is 0 Å². The van der Waals surface area contributed by atoms with Crippen LogP contribution >= 0.6 is 15.9 Å². The maximum atomic E-state index is 6.43. The lowest BCUT2D eigenvalue weighted by molar-refractivity contribution is 0.230. The molecule has 0 aliphatic heterocycles. The number of rotatable bonds is 3. The topological polar surface area (TPSA) is 26.0 Å². The average molecular weight is 296 g/mol. The fraction of sp³-hybridized carbons (Fsp3) is 0.600. The molecule has 0 saturated heterocycles. The van der Waals surface area contributed by atoms with E-state index < -0.39 is 0 Å². The van der Waals surface area contributed by atoms with E-state index >= 15 is 0 Å². The van der Waals surface area contributed by atoms with Crippen molar-refractivity contribution in [3.05, 3.63) is 34.3 Å². The Bertz CT molecular complexity index is 364. The van der Waals surface area contributed by atoms with Crippen molar-refractivity contribution in [2.75, 3.05) is 0 Å². The molecule has 0 radical (unpaired) electrons. The fourth-order valence-corrected chi connectivity index (χ4v) is 3.43. The number of halogens is 1. The standard InChI is InChI=1S/C15H22BrN/c1-2-11-5-3-6-12(9-11)15(17)13-7-4-8-14(16)10-13/h4,7-8,10-12,15H,2-3,5-6,9,17H2,1H3. The summed E-state index contributed by atoms with van der Waals surface area (Å²) in [6.07, 6.45) is 6.67. The monoisotopic (exact) mass is 295 g/mol. The first-order valence-corrected chi connectivity index (χ1v) is 7.51. The molecule has 94 valence electrons. The van der Waals surface area contributed by atoms with Crippen LogP contribution in [0, 0.1) is 11.8 Å².